The summed E-state index contributed by atoms with van der Waals surface area (Å²) in [5, 5.41) is 6.04. The Kier molecular flexibility index (Phi) is 7.38. The summed E-state index contributed by atoms with van der Waals surface area (Å²) in [6, 6.07) is 4.22. The molecular formula is C18H24Cl2N2O2. The third-order valence-corrected chi connectivity index (χ3v) is 5.32. The van der Waals surface area contributed by atoms with Gasteiger partial charge in [0.25, 0.3) is 5.91 Å². The van der Waals surface area contributed by atoms with Crippen LogP contribution in [-0.4, -0.2) is 24.4 Å². The molecule has 1 aromatic rings. The van der Waals surface area contributed by atoms with Crippen LogP contribution in [0, 0.1) is 5.92 Å². The molecule has 0 aromatic heterocycles. The van der Waals surface area contributed by atoms with E-state index in [1.807, 2.05) is 0 Å². The summed E-state index contributed by atoms with van der Waals surface area (Å²) >= 11 is 11.9. The zero-order valence-corrected chi connectivity index (χ0v) is 15.4. The van der Waals surface area contributed by atoms with Crippen LogP contribution in [0.5, 0.6) is 0 Å². The summed E-state index contributed by atoms with van der Waals surface area (Å²) in [6.45, 7) is 2.30. The highest BCUT2D eigenvalue weighted by atomic mass is 35.5. The molecule has 0 bridgehead atoms. The Balaban J connectivity index is 1.74. The first kappa shape index (κ1) is 19.1. The number of hydrogen-bond donors (Lipinski definition) is 2. The van der Waals surface area contributed by atoms with Crippen molar-refractivity contribution in [2.75, 3.05) is 6.54 Å². The van der Waals surface area contributed by atoms with Crippen LogP contribution < -0.4 is 10.6 Å². The van der Waals surface area contributed by atoms with Gasteiger partial charge in [0, 0.05) is 6.54 Å². The second-order valence-electron chi connectivity index (χ2n) is 6.38. The molecule has 132 valence electrons. The van der Waals surface area contributed by atoms with E-state index >= 15 is 0 Å². The molecule has 1 aliphatic rings. The van der Waals surface area contributed by atoms with E-state index in [1.165, 1.54) is 32.1 Å². The number of carbonyl (C=O) groups is 2. The molecule has 1 atom stereocenters. The molecule has 0 spiro atoms. The van der Waals surface area contributed by atoms with Crippen LogP contribution in [0.25, 0.3) is 0 Å². The smallest absolute Gasteiger partial charge is 0.253 e. The highest BCUT2D eigenvalue weighted by molar-refractivity contribution is 6.43. The topological polar surface area (TPSA) is 58.2 Å². The van der Waals surface area contributed by atoms with Crippen LogP contribution in [0.1, 0.15) is 55.8 Å². The third kappa shape index (κ3) is 5.38. The molecule has 1 aliphatic carbocycles. The predicted octanol–water partition coefficient (Wildman–Crippen LogP) is 4.20. The lowest BCUT2D eigenvalue weighted by Gasteiger charge is -2.15. The van der Waals surface area contributed by atoms with E-state index in [-0.39, 0.29) is 16.5 Å². The van der Waals surface area contributed by atoms with Gasteiger partial charge in [-0.2, -0.15) is 0 Å². The lowest BCUT2D eigenvalue weighted by Crippen LogP contribution is -2.45. The lowest BCUT2D eigenvalue weighted by molar-refractivity contribution is -0.122. The molecule has 1 fully saturated rings. The Labute approximate surface area is 153 Å². The van der Waals surface area contributed by atoms with Gasteiger partial charge in [0.05, 0.1) is 15.6 Å². The Bertz CT molecular complexity index is 586. The van der Waals surface area contributed by atoms with Gasteiger partial charge in [-0.25, -0.2) is 0 Å². The number of nitrogens with one attached hydrogen (secondary N) is 2. The fourth-order valence-electron chi connectivity index (χ4n) is 3.07. The van der Waals surface area contributed by atoms with Crippen molar-refractivity contribution in [2.24, 2.45) is 5.92 Å². The van der Waals surface area contributed by atoms with Crippen molar-refractivity contribution in [1.82, 2.24) is 10.6 Å². The van der Waals surface area contributed by atoms with Crippen LogP contribution in [0.2, 0.25) is 10.0 Å². The van der Waals surface area contributed by atoms with Gasteiger partial charge in [-0.3, -0.25) is 9.59 Å². The van der Waals surface area contributed by atoms with Crippen molar-refractivity contribution in [3.05, 3.63) is 33.8 Å². The Morgan fingerprint density at radius 3 is 2.67 bits per heavy atom. The molecule has 2 amide bonds. The Morgan fingerprint density at radius 2 is 1.96 bits per heavy atom. The quantitative estimate of drug-likeness (QED) is 0.706. The van der Waals surface area contributed by atoms with E-state index in [9.17, 15) is 9.59 Å². The van der Waals surface area contributed by atoms with E-state index in [2.05, 4.69) is 10.6 Å². The maximum Gasteiger partial charge on any atom is 0.253 e. The molecule has 0 saturated heterocycles. The fourth-order valence-corrected chi connectivity index (χ4v) is 3.46. The molecule has 0 heterocycles. The maximum atomic E-state index is 12.2. The van der Waals surface area contributed by atoms with E-state index in [1.54, 1.807) is 25.1 Å². The van der Waals surface area contributed by atoms with Crippen LogP contribution in [-0.2, 0) is 4.79 Å². The second-order valence-corrected chi connectivity index (χ2v) is 7.17. The molecule has 2 N–H and O–H groups in total. The highest BCUT2D eigenvalue weighted by Crippen LogP contribution is 2.28. The van der Waals surface area contributed by atoms with E-state index in [0.717, 1.165) is 12.3 Å². The number of benzene rings is 1. The minimum atomic E-state index is -0.626. The van der Waals surface area contributed by atoms with E-state index < -0.39 is 11.9 Å². The number of rotatable bonds is 7. The van der Waals surface area contributed by atoms with Crippen molar-refractivity contribution >= 4 is 35.0 Å². The van der Waals surface area contributed by atoms with Gasteiger partial charge in [0.1, 0.15) is 6.04 Å². The highest BCUT2D eigenvalue weighted by Gasteiger charge is 2.19. The summed E-state index contributed by atoms with van der Waals surface area (Å²) in [7, 11) is 0. The molecule has 1 unspecified atom stereocenters. The molecule has 1 aromatic carbocycles. The summed E-state index contributed by atoms with van der Waals surface area (Å²) in [5.41, 5.74) is 0.269. The molecule has 2 rings (SSSR count). The molecule has 0 aliphatic heterocycles. The zero-order valence-electron chi connectivity index (χ0n) is 13.9. The Morgan fingerprint density at radius 1 is 1.25 bits per heavy atom. The largest absolute Gasteiger partial charge is 0.354 e. The fraction of sp³-hybridized carbons (Fsp3) is 0.556. The van der Waals surface area contributed by atoms with Gasteiger partial charge in [-0.15, -0.1) is 0 Å². The summed E-state index contributed by atoms with van der Waals surface area (Å²) in [6.07, 6.45) is 7.47. The van der Waals surface area contributed by atoms with Crippen LogP contribution in [0.3, 0.4) is 0 Å². The third-order valence-electron chi connectivity index (χ3n) is 4.50. The normalized spacial score (nSPS) is 16.0. The van der Waals surface area contributed by atoms with Gasteiger partial charge >= 0.3 is 0 Å². The average Bonchev–Trinajstić information content (AvgIpc) is 3.07. The van der Waals surface area contributed by atoms with Gasteiger partial charge in [0.15, 0.2) is 0 Å². The molecule has 4 nitrogen and oxygen atoms in total. The first-order valence-corrected chi connectivity index (χ1v) is 9.27. The van der Waals surface area contributed by atoms with Crippen LogP contribution >= 0.6 is 23.2 Å². The van der Waals surface area contributed by atoms with Crippen molar-refractivity contribution in [3.63, 3.8) is 0 Å². The summed E-state index contributed by atoms with van der Waals surface area (Å²) in [5.74, 6) is 0.230. The first-order valence-electron chi connectivity index (χ1n) is 8.51. The number of halogens is 2. The van der Waals surface area contributed by atoms with Gasteiger partial charge < -0.3 is 10.6 Å². The van der Waals surface area contributed by atoms with Crippen molar-refractivity contribution in [1.29, 1.82) is 0 Å². The van der Waals surface area contributed by atoms with E-state index in [0.29, 0.717) is 11.6 Å². The SMILES string of the molecule is CC(NC(=O)c1cccc(Cl)c1Cl)C(=O)NCCCC1CCCC1. The molecule has 0 radical (unpaired) electrons. The predicted molar refractivity (Wildman–Crippen MR) is 97.6 cm³/mol. The van der Waals surface area contributed by atoms with E-state index in [4.69, 9.17) is 23.2 Å². The van der Waals surface area contributed by atoms with Gasteiger partial charge in [-0.05, 0) is 37.8 Å². The molecule has 24 heavy (non-hydrogen) atoms. The zero-order chi connectivity index (χ0) is 17.5. The summed E-state index contributed by atoms with van der Waals surface area (Å²) < 4.78 is 0. The summed E-state index contributed by atoms with van der Waals surface area (Å²) in [4.78, 5) is 24.3. The molecule has 6 heteroatoms. The molecular weight excluding hydrogens is 347 g/mol. The maximum absolute atomic E-state index is 12.2. The minimum absolute atomic E-state index is 0.187. The Hall–Kier alpha value is -1.26. The van der Waals surface area contributed by atoms with Crippen LogP contribution in [0.4, 0.5) is 0 Å². The van der Waals surface area contributed by atoms with Crippen molar-refractivity contribution < 1.29 is 9.59 Å². The lowest BCUT2D eigenvalue weighted by atomic mass is 10.0. The number of hydrogen-bond acceptors (Lipinski definition) is 2. The number of carbonyl (C=O) groups excluding carboxylic acids is 2. The van der Waals surface area contributed by atoms with Crippen LogP contribution in [0.15, 0.2) is 18.2 Å². The van der Waals surface area contributed by atoms with Gasteiger partial charge in [0.2, 0.25) is 5.91 Å². The first-order chi connectivity index (χ1) is 11.5. The van der Waals surface area contributed by atoms with Gasteiger partial charge in [-0.1, -0.05) is 55.0 Å². The average molecular weight is 371 g/mol. The monoisotopic (exact) mass is 370 g/mol. The number of amides is 2. The van der Waals surface area contributed by atoms with Crippen molar-refractivity contribution in [3.8, 4) is 0 Å². The molecule has 1 saturated carbocycles. The second kappa shape index (κ2) is 9.28. The van der Waals surface area contributed by atoms with Crippen molar-refractivity contribution in [2.45, 2.75) is 51.5 Å². The minimum Gasteiger partial charge on any atom is -0.354 e. The standard InChI is InChI=1S/C18H24Cl2N2O2/c1-12(17(23)21-11-5-8-13-6-2-3-7-13)22-18(24)14-9-4-10-15(19)16(14)20/h4,9-10,12-13H,2-3,5-8,11H2,1H3,(H,21,23)(H,22,24).